The van der Waals surface area contributed by atoms with Gasteiger partial charge in [0.1, 0.15) is 11.5 Å². The molecular formula is C17H21N5O2S. The van der Waals surface area contributed by atoms with Gasteiger partial charge in [0.15, 0.2) is 0 Å². The van der Waals surface area contributed by atoms with Crippen LogP contribution < -0.4 is 5.69 Å². The number of nitrogens with one attached hydrogen (secondary N) is 1. The lowest BCUT2D eigenvalue weighted by Gasteiger charge is -2.32. The average molecular weight is 359 g/mol. The van der Waals surface area contributed by atoms with Crippen molar-refractivity contribution in [1.82, 2.24) is 24.2 Å². The Kier molecular flexibility index (Phi) is 3.99. The summed E-state index contributed by atoms with van der Waals surface area (Å²) in [4.78, 5) is 30.1. The zero-order valence-electron chi connectivity index (χ0n) is 14.4. The number of aromatic nitrogens is 4. The Morgan fingerprint density at radius 1 is 1.48 bits per heavy atom. The molecule has 1 fully saturated rings. The fourth-order valence-electron chi connectivity index (χ4n) is 3.63. The molecule has 0 unspecified atom stereocenters. The van der Waals surface area contributed by atoms with Gasteiger partial charge in [-0.25, -0.2) is 9.48 Å². The van der Waals surface area contributed by atoms with Crippen LogP contribution in [0.4, 0.5) is 0 Å². The van der Waals surface area contributed by atoms with Crippen LogP contribution in [-0.2, 0) is 13.6 Å². The number of piperidine rings is 1. The van der Waals surface area contributed by atoms with Crippen molar-refractivity contribution >= 4 is 27.5 Å². The smallest absolute Gasteiger partial charge is 0.345 e. The van der Waals surface area contributed by atoms with Crippen molar-refractivity contribution in [1.29, 1.82) is 0 Å². The van der Waals surface area contributed by atoms with Gasteiger partial charge in [0.2, 0.25) is 0 Å². The molecule has 3 aromatic heterocycles. The van der Waals surface area contributed by atoms with Crippen LogP contribution in [0.5, 0.6) is 0 Å². The summed E-state index contributed by atoms with van der Waals surface area (Å²) in [6.07, 6.45) is 1.86. The first kappa shape index (κ1) is 16.1. The number of carbonyl (C=O) groups is 1. The normalized spacial score (nSPS) is 18.2. The predicted molar refractivity (Wildman–Crippen MR) is 97.2 cm³/mol. The second-order valence-electron chi connectivity index (χ2n) is 6.48. The number of aromatic amines is 1. The number of hydrogen-bond acceptors (Lipinski definition) is 4. The Balaban J connectivity index is 1.58. The third kappa shape index (κ3) is 2.70. The highest BCUT2D eigenvalue weighted by molar-refractivity contribution is 7.17. The van der Waals surface area contributed by atoms with Crippen LogP contribution in [0.3, 0.4) is 0 Å². The molecule has 1 N–H and O–H groups in total. The molecule has 8 heteroatoms. The molecule has 4 heterocycles. The number of H-pyrrole nitrogens is 1. The number of likely N-dealkylation sites (tertiary alicyclic amines) is 1. The van der Waals surface area contributed by atoms with E-state index in [1.54, 1.807) is 23.0 Å². The molecule has 0 saturated carbocycles. The highest BCUT2D eigenvalue weighted by Gasteiger charge is 2.30. The third-order valence-electron chi connectivity index (χ3n) is 4.90. The zero-order valence-corrected chi connectivity index (χ0v) is 15.2. The summed E-state index contributed by atoms with van der Waals surface area (Å²) in [5.41, 5.74) is 1.55. The Morgan fingerprint density at radius 2 is 2.32 bits per heavy atom. The van der Waals surface area contributed by atoms with Crippen LogP contribution in [0, 0.1) is 0 Å². The zero-order chi connectivity index (χ0) is 17.6. The van der Waals surface area contributed by atoms with Gasteiger partial charge in [-0.1, -0.05) is 0 Å². The summed E-state index contributed by atoms with van der Waals surface area (Å²) >= 11 is 1.63. The van der Waals surface area contributed by atoms with Crippen molar-refractivity contribution in [2.45, 2.75) is 32.2 Å². The van der Waals surface area contributed by atoms with Gasteiger partial charge in [-0.2, -0.15) is 5.10 Å². The maximum atomic E-state index is 12.9. The number of aryl methyl sites for hydroxylation is 1. The highest BCUT2D eigenvalue weighted by atomic mass is 32.1. The van der Waals surface area contributed by atoms with E-state index in [0.29, 0.717) is 18.8 Å². The quantitative estimate of drug-likeness (QED) is 0.779. The van der Waals surface area contributed by atoms with Crippen molar-refractivity contribution < 1.29 is 4.79 Å². The van der Waals surface area contributed by atoms with Crippen molar-refractivity contribution in [2.24, 2.45) is 7.05 Å². The Hall–Kier alpha value is -2.35. The molecule has 4 rings (SSSR count). The van der Waals surface area contributed by atoms with Crippen LogP contribution in [-0.4, -0.2) is 43.2 Å². The topological polar surface area (TPSA) is 75.9 Å². The van der Waals surface area contributed by atoms with Crippen molar-refractivity contribution in [3.05, 3.63) is 39.5 Å². The van der Waals surface area contributed by atoms with Gasteiger partial charge in [-0.05, 0) is 37.3 Å². The molecule has 1 amide bonds. The van der Waals surface area contributed by atoms with Crippen LogP contribution in [0.2, 0.25) is 0 Å². The van der Waals surface area contributed by atoms with Crippen LogP contribution >= 0.6 is 11.3 Å². The number of nitrogens with zero attached hydrogens (tertiary/aromatic N) is 4. The van der Waals surface area contributed by atoms with Gasteiger partial charge in [-0.15, -0.1) is 11.3 Å². The number of amides is 1. The van der Waals surface area contributed by atoms with Crippen molar-refractivity contribution in [3.63, 3.8) is 0 Å². The van der Waals surface area contributed by atoms with Crippen molar-refractivity contribution in [2.75, 3.05) is 13.1 Å². The third-order valence-corrected chi connectivity index (χ3v) is 5.76. The number of rotatable bonds is 3. The Morgan fingerprint density at radius 3 is 3.08 bits per heavy atom. The average Bonchev–Trinajstić information content (AvgIpc) is 3.29. The summed E-state index contributed by atoms with van der Waals surface area (Å²) in [6, 6.07) is 3.91. The largest absolute Gasteiger partial charge is 0.350 e. The Bertz CT molecular complexity index is 950. The molecule has 0 radical (unpaired) electrons. The number of fused-ring (bicyclic) bond motifs is 1. The summed E-state index contributed by atoms with van der Waals surface area (Å²) in [6.45, 7) is 3.89. The SMILES string of the molecule is CCn1c([C@@H]2CCCN(C(=O)c3cc4sccc4[nH]3)C2)nn(C)c1=O. The minimum Gasteiger partial charge on any atom is -0.350 e. The molecule has 0 aromatic carbocycles. The molecule has 0 aliphatic carbocycles. The summed E-state index contributed by atoms with van der Waals surface area (Å²) in [5, 5.41) is 6.43. The first-order chi connectivity index (χ1) is 12.1. The van der Waals surface area contributed by atoms with E-state index in [-0.39, 0.29) is 17.5 Å². The van der Waals surface area contributed by atoms with Crippen LogP contribution in [0.1, 0.15) is 42.0 Å². The molecule has 0 bridgehead atoms. The van der Waals surface area contributed by atoms with Gasteiger partial charge >= 0.3 is 5.69 Å². The predicted octanol–water partition coefficient (Wildman–Crippen LogP) is 2.16. The van der Waals surface area contributed by atoms with Gasteiger partial charge < -0.3 is 9.88 Å². The van der Waals surface area contributed by atoms with E-state index in [9.17, 15) is 9.59 Å². The summed E-state index contributed by atoms with van der Waals surface area (Å²) in [7, 11) is 1.68. The number of carbonyl (C=O) groups excluding carboxylic acids is 1. The Labute approximate surface area is 148 Å². The number of thiophene rings is 1. The monoisotopic (exact) mass is 359 g/mol. The summed E-state index contributed by atoms with van der Waals surface area (Å²) in [5.74, 6) is 0.914. The fourth-order valence-corrected chi connectivity index (χ4v) is 4.41. The highest BCUT2D eigenvalue weighted by Crippen LogP contribution is 2.27. The van der Waals surface area contributed by atoms with Crippen molar-refractivity contribution in [3.8, 4) is 0 Å². The standard InChI is InChI=1S/C17H21N5O2S/c1-3-22-15(19-20(2)17(22)24)11-5-4-7-21(10-11)16(23)13-9-14-12(18-13)6-8-25-14/h6,8-9,11,18H,3-5,7,10H2,1-2H3/t11-/m1/s1. The molecule has 0 spiro atoms. The second kappa shape index (κ2) is 6.18. The van der Waals surface area contributed by atoms with E-state index < -0.39 is 0 Å². The second-order valence-corrected chi connectivity index (χ2v) is 7.43. The first-order valence-electron chi connectivity index (χ1n) is 8.57. The molecule has 1 atom stereocenters. The fraction of sp³-hybridized carbons (Fsp3) is 0.471. The van der Waals surface area contributed by atoms with Gasteiger partial charge in [0, 0.05) is 32.6 Å². The molecule has 25 heavy (non-hydrogen) atoms. The van der Waals surface area contributed by atoms with E-state index in [2.05, 4.69) is 10.1 Å². The van der Waals surface area contributed by atoms with E-state index >= 15 is 0 Å². The maximum Gasteiger partial charge on any atom is 0.345 e. The van der Waals surface area contributed by atoms with Crippen LogP contribution in [0.15, 0.2) is 22.3 Å². The molecule has 132 valence electrons. The molecule has 1 saturated heterocycles. The lowest BCUT2D eigenvalue weighted by molar-refractivity contribution is 0.0698. The van der Waals surface area contributed by atoms with E-state index in [4.69, 9.17) is 0 Å². The molecule has 1 aliphatic rings. The molecule has 1 aliphatic heterocycles. The van der Waals surface area contributed by atoms with Crippen LogP contribution in [0.25, 0.3) is 10.2 Å². The lowest BCUT2D eigenvalue weighted by Crippen LogP contribution is -2.40. The number of hydrogen-bond donors (Lipinski definition) is 1. The minimum absolute atomic E-state index is 0.0226. The maximum absolute atomic E-state index is 12.9. The van der Waals surface area contributed by atoms with Gasteiger partial charge in [0.25, 0.3) is 5.91 Å². The van der Waals surface area contributed by atoms with E-state index in [1.165, 1.54) is 4.68 Å². The molecular weight excluding hydrogens is 338 g/mol. The minimum atomic E-state index is -0.0921. The van der Waals surface area contributed by atoms with Gasteiger partial charge in [-0.3, -0.25) is 9.36 Å². The summed E-state index contributed by atoms with van der Waals surface area (Å²) < 4.78 is 4.20. The van der Waals surface area contributed by atoms with E-state index in [1.807, 2.05) is 29.3 Å². The van der Waals surface area contributed by atoms with E-state index in [0.717, 1.165) is 35.4 Å². The molecule has 3 aromatic rings. The molecule has 7 nitrogen and oxygen atoms in total. The lowest BCUT2D eigenvalue weighted by atomic mass is 9.97. The van der Waals surface area contributed by atoms with Gasteiger partial charge in [0.05, 0.1) is 10.2 Å². The first-order valence-corrected chi connectivity index (χ1v) is 9.45.